The second-order valence-corrected chi connectivity index (χ2v) is 9.74. The predicted octanol–water partition coefficient (Wildman–Crippen LogP) is 2.68. The fraction of sp³-hybridized carbons (Fsp3) is 0.346. The van der Waals surface area contributed by atoms with Crippen LogP contribution in [0.3, 0.4) is 0 Å². The summed E-state index contributed by atoms with van der Waals surface area (Å²) in [6.07, 6.45) is 2.07. The normalized spacial score (nSPS) is 11.8. The third-order valence-electron chi connectivity index (χ3n) is 5.86. The van der Waals surface area contributed by atoms with Gasteiger partial charge in [0.2, 0.25) is 11.8 Å². The Kier molecular flexibility index (Phi) is 8.70. The summed E-state index contributed by atoms with van der Waals surface area (Å²) in [5.41, 5.74) is 8.16. The average molecular weight is 504 g/mol. The molecule has 2 heterocycles. The van der Waals surface area contributed by atoms with Crippen molar-refractivity contribution < 1.29 is 9.59 Å². The topological polar surface area (TPSA) is 132 Å². The molecule has 0 aliphatic heterocycles. The van der Waals surface area contributed by atoms with Gasteiger partial charge in [-0.15, -0.1) is 0 Å². The molecule has 1 atom stereocenters. The fourth-order valence-corrected chi connectivity index (χ4v) is 4.96. The third kappa shape index (κ3) is 5.68. The number of hydrogen-bond acceptors (Lipinski definition) is 7. The second kappa shape index (κ2) is 11.7. The van der Waals surface area contributed by atoms with Gasteiger partial charge in [0.1, 0.15) is 34.6 Å². The molecule has 0 bridgehead atoms. The van der Waals surface area contributed by atoms with Crippen LogP contribution < -0.4 is 5.73 Å². The molecule has 2 aromatic heterocycles. The van der Waals surface area contributed by atoms with Gasteiger partial charge in [0.15, 0.2) is 0 Å². The summed E-state index contributed by atoms with van der Waals surface area (Å²) in [6.45, 7) is 3.16. The summed E-state index contributed by atoms with van der Waals surface area (Å²) in [7, 11) is 5.61. The highest BCUT2D eigenvalue weighted by molar-refractivity contribution is 8.00. The monoisotopic (exact) mass is 503 g/mol. The molecule has 0 fully saturated rings. The van der Waals surface area contributed by atoms with E-state index in [4.69, 9.17) is 10.7 Å². The van der Waals surface area contributed by atoms with Gasteiger partial charge in [-0.1, -0.05) is 49.0 Å². The third-order valence-corrected chi connectivity index (χ3v) is 7.12. The lowest BCUT2D eigenvalue weighted by Gasteiger charge is -2.20. The van der Waals surface area contributed by atoms with E-state index < -0.39 is 11.2 Å². The van der Waals surface area contributed by atoms with Crippen LogP contribution in [0.2, 0.25) is 0 Å². The van der Waals surface area contributed by atoms with Crippen LogP contribution in [0.5, 0.6) is 0 Å². The van der Waals surface area contributed by atoms with Crippen molar-refractivity contribution in [1.82, 2.24) is 19.4 Å². The van der Waals surface area contributed by atoms with Crippen molar-refractivity contribution in [3.63, 3.8) is 0 Å². The standard InChI is InChI=1S/C26H29N7O2S/c1-5-19-20(14-28)26(36-23(24(29)35)17-9-7-6-8-10-17)30-25-22(19)18(13-27)15-33(25)16-21(34)32(4)12-11-31(2)3/h6-10,15,23H,5,11-12,16H2,1-4H3,(H2,29,35)/t23-/m1/s1. The van der Waals surface area contributed by atoms with Crippen molar-refractivity contribution in [3.05, 3.63) is 58.8 Å². The van der Waals surface area contributed by atoms with E-state index in [9.17, 15) is 20.1 Å². The smallest absolute Gasteiger partial charge is 0.242 e. The lowest BCUT2D eigenvalue weighted by molar-refractivity contribution is -0.130. The molecule has 10 heteroatoms. The minimum atomic E-state index is -0.759. The molecule has 0 saturated heterocycles. The first kappa shape index (κ1) is 26.7. The largest absolute Gasteiger partial charge is 0.368 e. The number of rotatable bonds is 10. The molecule has 36 heavy (non-hydrogen) atoms. The molecular weight excluding hydrogens is 474 g/mol. The number of fused-ring (bicyclic) bond motifs is 1. The Hall–Kier alpha value is -3.86. The van der Waals surface area contributed by atoms with Gasteiger partial charge in [0, 0.05) is 31.7 Å². The van der Waals surface area contributed by atoms with E-state index in [0.29, 0.717) is 51.3 Å². The Labute approximate surface area is 215 Å². The maximum Gasteiger partial charge on any atom is 0.242 e. The number of pyridine rings is 1. The lowest BCUT2D eigenvalue weighted by Crippen LogP contribution is -2.35. The maximum atomic E-state index is 12.9. The molecule has 186 valence electrons. The summed E-state index contributed by atoms with van der Waals surface area (Å²) in [4.78, 5) is 33.6. The predicted molar refractivity (Wildman–Crippen MR) is 139 cm³/mol. The van der Waals surface area contributed by atoms with Gasteiger partial charge in [-0.3, -0.25) is 9.59 Å². The van der Waals surface area contributed by atoms with E-state index in [-0.39, 0.29) is 12.5 Å². The number of nitrogens with two attached hydrogens (primary N) is 1. The van der Waals surface area contributed by atoms with Gasteiger partial charge in [-0.05, 0) is 31.6 Å². The van der Waals surface area contributed by atoms with Gasteiger partial charge in [0.25, 0.3) is 0 Å². The Morgan fingerprint density at radius 1 is 1.14 bits per heavy atom. The molecule has 0 saturated carbocycles. The van der Waals surface area contributed by atoms with Crippen molar-refractivity contribution in [1.29, 1.82) is 10.5 Å². The van der Waals surface area contributed by atoms with Crippen molar-refractivity contribution >= 4 is 34.6 Å². The van der Waals surface area contributed by atoms with Crippen molar-refractivity contribution in [2.24, 2.45) is 5.73 Å². The summed E-state index contributed by atoms with van der Waals surface area (Å²) in [5.74, 6) is -0.684. The van der Waals surface area contributed by atoms with Crippen LogP contribution in [-0.2, 0) is 22.6 Å². The second-order valence-electron chi connectivity index (χ2n) is 8.65. The zero-order valence-electron chi connectivity index (χ0n) is 20.9. The van der Waals surface area contributed by atoms with E-state index in [1.807, 2.05) is 44.1 Å². The first-order valence-corrected chi connectivity index (χ1v) is 12.3. The van der Waals surface area contributed by atoms with Crippen LogP contribution in [-0.4, -0.2) is 65.4 Å². The number of nitriles is 2. The minimum Gasteiger partial charge on any atom is -0.368 e. The molecule has 2 N–H and O–H groups in total. The SMILES string of the molecule is CCc1c(C#N)c(S[C@@H](C(N)=O)c2ccccc2)nc2c1c(C#N)cn2CC(=O)N(C)CCN(C)C. The maximum absolute atomic E-state index is 12.9. The van der Waals surface area contributed by atoms with Crippen LogP contribution >= 0.6 is 11.8 Å². The van der Waals surface area contributed by atoms with E-state index in [2.05, 4.69) is 12.1 Å². The van der Waals surface area contributed by atoms with Gasteiger partial charge in [-0.2, -0.15) is 10.5 Å². The molecule has 0 unspecified atom stereocenters. The number of amides is 2. The number of aryl methyl sites for hydroxylation is 1. The Morgan fingerprint density at radius 3 is 2.39 bits per heavy atom. The van der Waals surface area contributed by atoms with Crippen LogP contribution in [0.25, 0.3) is 11.0 Å². The van der Waals surface area contributed by atoms with Gasteiger partial charge < -0.3 is 20.1 Å². The number of likely N-dealkylation sites (N-methyl/N-ethyl adjacent to an activating group) is 2. The number of hydrogen-bond donors (Lipinski definition) is 1. The molecule has 0 radical (unpaired) electrons. The highest BCUT2D eigenvalue weighted by atomic mass is 32.2. The highest BCUT2D eigenvalue weighted by Crippen LogP contribution is 2.39. The summed E-state index contributed by atoms with van der Waals surface area (Å²) in [6, 6.07) is 13.5. The quantitative estimate of drug-likeness (QED) is 0.421. The molecule has 0 aliphatic rings. The lowest BCUT2D eigenvalue weighted by atomic mass is 10.0. The van der Waals surface area contributed by atoms with E-state index in [0.717, 1.165) is 18.3 Å². The Morgan fingerprint density at radius 2 is 1.83 bits per heavy atom. The Balaban J connectivity index is 2.12. The van der Waals surface area contributed by atoms with Crippen LogP contribution in [0.15, 0.2) is 41.6 Å². The summed E-state index contributed by atoms with van der Waals surface area (Å²) < 4.78 is 1.65. The number of carbonyl (C=O) groups is 2. The highest BCUT2D eigenvalue weighted by Gasteiger charge is 2.26. The Bertz CT molecular complexity index is 1350. The zero-order chi connectivity index (χ0) is 26.4. The molecule has 2 amide bonds. The number of carbonyl (C=O) groups excluding carboxylic acids is 2. The summed E-state index contributed by atoms with van der Waals surface area (Å²) >= 11 is 1.10. The number of thioether (sulfide) groups is 1. The molecule has 9 nitrogen and oxygen atoms in total. The van der Waals surface area contributed by atoms with Gasteiger partial charge in [0.05, 0.1) is 11.1 Å². The van der Waals surface area contributed by atoms with E-state index in [1.165, 1.54) is 0 Å². The molecule has 1 aromatic carbocycles. The van der Waals surface area contributed by atoms with Gasteiger partial charge >= 0.3 is 0 Å². The fourth-order valence-electron chi connectivity index (χ4n) is 3.90. The molecular formula is C26H29N7O2S. The van der Waals surface area contributed by atoms with Crippen molar-refractivity contribution in [2.45, 2.75) is 30.2 Å². The number of primary amides is 1. The first-order valence-electron chi connectivity index (χ1n) is 11.5. The van der Waals surface area contributed by atoms with Gasteiger partial charge in [-0.25, -0.2) is 4.98 Å². The first-order chi connectivity index (χ1) is 17.2. The molecule has 3 aromatic rings. The zero-order valence-corrected chi connectivity index (χ0v) is 21.7. The minimum absolute atomic E-state index is 0.00774. The summed E-state index contributed by atoms with van der Waals surface area (Å²) in [5, 5.41) is 20.0. The van der Waals surface area contributed by atoms with Crippen LogP contribution in [0.4, 0.5) is 0 Å². The van der Waals surface area contributed by atoms with Crippen LogP contribution in [0.1, 0.15) is 34.4 Å². The molecule has 0 spiro atoms. The van der Waals surface area contributed by atoms with E-state index in [1.54, 1.807) is 34.8 Å². The number of benzene rings is 1. The average Bonchev–Trinajstić information content (AvgIpc) is 3.21. The van der Waals surface area contributed by atoms with E-state index >= 15 is 0 Å². The molecule has 3 rings (SSSR count). The van der Waals surface area contributed by atoms with Crippen molar-refractivity contribution in [3.8, 4) is 12.1 Å². The number of aromatic nitrogens is 2. The van der Waals surface area contributed by atoms with Crippen LogP contribution in [0, 0.1) is 22.7 Å². The molecule has 0 aliphatic carbocycles. The number of nitrogens with zero attached hydrogens (tertiary/aromatic N) is 6. The van der Waals surface area contributed by atoms with Crippen molar-refractivity contribution in [2.75, 3.05) is 34.2 Å².